The third kappa shape index (κ3) is 5.12. The van der Waals surface area contributed by atoms with Crippen LogP contribution in [0.5, 0.6) is 0 Å². The Balaban J connectivity index is 1.77. The van der Waals surface area contributed by atoms with Gasteiger partial charge in [-0.25, -0.2) is 28.7 Å². The molecule has 1 fully saturated rings. The quantitative estimate of drug-likeness (QED) is 0.192. The summed E-state index contributed by atoms with van der Waals surface area (Å²) in [4.78, 5) is 7.96. The third-order valence-corrected chi connectivity index (χ3v) is 6.80. The molecule has 0 aliphatic carbocycles. The van der Waals surface area contributed by atoms with E-state index in [1.54, 1.807) is 6.07 Å². The van der Waals surface area contributed by atoms with E-state index >= 15 is 0 Å². The van der Waals surface area contributed by atoms with Gasteiger partial charge < -0.3 is 25.3 Å². The van der Waals surface area contributed by atoms with Gasteiger partial charge in [-0.3, -0.25) is 0 Å². The molecule has 0 amide bonds. The number of hydrogen-bond acceptors (Lipinski definition) is 10. The van der Waals surface area contributed by atoms with Crippen LogP contribution in [0.4, 0.5) is 5.82 Å². The summed E-state index contributed by atoms with van der Waals surface area (Å²) in [6, 6.07) is 5.90. The molecule has 16 heteroatoms. The van der Waals surface area contributed by atoms with Crippen molar-refractivity contribution in [3.05, 3.63) is 47.9 Å². The second-order valence-electron chi connectivity index (χ2n) is 7.64. The van der Waals surface area contributed by atoms with Gasteiger partial charge in [0.05, 0.1) is 15.8 Å². The third-order valence-electron chi connectivity index (χ3n) is 5.26. The monoisotopic (exact) mass is 523 g/mol. The lowest BCUT2D eigenvalue weighted by molar-refractivity contribution is -0.0327. The molecule has 0 unspecified atom stereocenters. The molecule has 4 rings (SSSR count). The van der Waals surface area contributed by atoms with Crippen LogP contribution >= 0.6 is 0 Å². The zero-order valence-corrected chi connectivity index (χ0v) is 19.4. The first-order chi connectivity index (χ1) is 16.4. The number of fused-ring (bicyclic) bond motifs is 1. The number of primary sulfonamides is 1. The summed E-state index contributed by atoms with van der Waals surface area (Å²) < 4.78 is 55.2. The fourth-order valence-electron chi connectivity index (χ4n) is 3.68. The van der Waals surface area contributed by atoms with Crippen LogP contribution in [0.25, 0.3) is 11.0 Å². The molecule has 2 aromatic heterocycles. The number of hydrogen-bond donors (Lipinski definition) is 6. The molecule has 35 heavy (non-hydrogen) atoms. The van der Waals surface area contributed by atoms with Gasteiger partial charge in [-0.2, -0.15) is 13.1 Å². The van der Waals surface area contributed by atoms with Crippen molar-refractivity contribution in [3.8, 4) is 11.8 Å². The molecule has 3 aromatic rings. The minimum atomic E-state index is -4.06. The first kappa shape index (κ1) is 25.0. The molecular formula is C19H21N7O7S2. The molecule has 3 heterocycles. The molecule has 0 saturated carbocycles. The van der Waals surface area contributed by atoms with Crippen LogP contribution in [-0.4, -0.2) is 66.4 Å². The van der Waals surface area contributed by atoms with E-state index in [9.17, 15) is 27.0 Å². The standard InChI is InChI=1S/C19H21N7O7S2/c20-17-14-11(6-5-10-3-1-2-4-13(10)34(21,29)30)8-26(18(14)24-9-23-17)19-16(28)15(27)12(33-19)7-25-35(22,31)32/h1-4,8-9,12,15-16,19,25,27-28H,7H2,(H2,20,23,24)(H2,21,29,30)(H2,22,31,32)/t12-,15-,16-,19-/m1/s1. The van der Waals surface area contributed by atoms with Crippen molar-refractivity contribution in [2.24, 2.45) is 10.3 Å². The molecule has 1 aromatic carbocycles. The summed E-state index contributed by atoms with van der Waals surface area (Å²) in [6.45, 7) is -0.388. The number of nitrogens with one attached hydrogen (secondary N) is 1. The Morgan fingerprint density at radius 1 is 1.06 bits per heavy atom. The average molecular weight is 524 g/mol. The van der Waals surface area contributed by atoms with Crippen LogP contribution in [0, 0.1) is 11.8 Å². The highest BCUT2D eigenvalue weighted by Crippen LogP contribution is 2.34. The SMILES string of the molecule is Nc1ncnc2c1c(C#Cc1ccccc1S(N)(=O)=O)cn2[C@@H]1O[C@H](CNS(N)(=O)=O)[C@@H](O)[C@H]1O. The predicted octanol–water partition coefficient (Wildman–Crippen LogP) is -2.53. The van der Waals surface area contributed by atoms with Crippen molar-refractivity contribution in [3.63, 3.8) is 0 Å². The van der Waals surface area contributed by atoms with Gasteiger partial charge in [0.2, 0.25) is 10.0 Å². The lowest BCUT2D eigenvalue weighted by Crippen LogP contribution is -2.42. The summed E-state index contributed by atoms with van der Waals surface area (Å²) in [6.07, 6.45) is -2.62. The van der Waals surface area contributed by atoms with Gasteiger partial charge in [-0.1, -0.05) is 24.0 Å². The Morgan fingerprint density at radius 3 is 2.43 bits per heavy atom. The Labute approximate surface area is 200 Å². The Morgan fingerprint density at radius 2 is 1.74 bits per heavy atom. The number of benzene rings is 1. The summed E-state index contributed by atoms with van der Waals surface area (Å²) in [5, 5.41) is 31.4. The van der Waals surface area contributed by atoms with Gasteiger partial charge >= 0.3 is 0 Å². The average Bonchev–Trinajstić information content (AvgIpc) is 3.28. The number of nitrogens with two attached hydrogens (primary N) is 3. The smallest absolute Gasteiger partial charge is 0.274 e. The Hall–Kier alpha value is -3.14. The fourth-order valence-corrected chi connectivity index (χ4v) is 4.77. The molecule has 4 atom stereocenters. The Kier molecular flexibility index (Phi) is 6.52. The maximum Gasteiger partial charge on any atom is 0.274 e. The van der Waals surface area contributed by atoms with E-state index in [-0.39, 0.29) is 34.0 Å². The zero-order chi connectivity index (χ0) is 25.5. The number of anilines is 1. The van der Waals surface area contributed by atoms with Gasteiger partial charge in [0.25, 0.3) is 10.2 Å². The second-order valence-corrected chi connectivity index (χ2v) is 10.5. The highest BCUT2D eigenvalue weighted by atomic mass is 32.2. The number of ether oxygens (including phenoxy) is 1. The molecule has 1 aliphatic heterocycles. The number of sulfonamides is 1. The number of nitrogens with zero attached hydrogens (tertiary/aromatic N) is 3. The first-order valence-corrected chi connectivity index (χ1v) is 13.0. The summed E-state index contributed by atoms with van der Waals surface area (Å²) in [5.74, 6) is 5.63. The van der Waals surface area contributed by atoms with Crippen LogP contribution in [0.2, 0.25) is 0 Å². The van der Waals surface area contributed by atoms with Crippen LogP contribution in [0.3, 0.4) is 0 Å². The second kappa shape index (κ2) is 9.14. The van der Waals surface area contributed by atoms with Crippen molar-refractivity contribution >= 4 is 37.1 Å². The molecule has 9 N–H and O–H groups in total. The van der Waals surface area contributed by atoms with Crippen molar-refractivity contribution in [1.29, 1.82) is 0 Å². The number of aliphatic hydroxyl groups excluding tert-OH is 2. The van der Waals surface area contributed by atoms with E-state index in [0.29, 0.717) is 5.39 Å². The predicted molar refractivity (Wildman–Crippen MR) is 123 cm³/mol. The van der Waals surface area contributed by atoms with Gasteiger partial charge in [0, 0.05) is 18.3 Å². The molecule has 186 valence electrons. The van der Waals surface area contributed by atoms with E-state index in [0.717, 1.165) is 0 Å². The largest absolute Gasteiger partial charge is 0.387 e. The van der Waals surface area contributed by atoms with Crippen LogP contribution in [0.15, 0.2) is 41.7 Å². The first-order valence-electron chi connectivity index (χ1n) is 9.90. The number of aromatic nitrogens is 3. The maximum absolute atomic E-state index is 11.9. The fraction of sp³-hybridized carbons (Fsp3) is 0.263. The number of aliphatic hydroxyl groups is 2. The highest BCUT2D eigenvalue weighted by Gasteiger charge is 2.44. The van der Waals surface area contributed by atoms with E-state index in [1.165, 1.54) is 35.3 Å². The van der Waals surface area contributed by atoms with Crippen LogP contribution < -0.4 is 20.7 Å². The molecule has 0 radical (unpaired) electrons. The van der Waals surface area contributed by atoms with E-state index in [4.69, 9.17) is 20.7 Å². The topological polar surface area (TPSA) is 239 Å². The lowest BCUT2D eigenvalue weighted by Gasteiger charge is -2.17. The normalized spacial score (nSPS) is 22.7. The minimum absolute atomic E-state index is 0.0539. The molecule has 1 saturated heterocycles. The number of nitrogen functional groups attached to an aromatic ring is 1. The molecule has 0 bridgehead atoms. The van der Waals surface area contributed by atoms with Gasteiger partial charge in [0.1, 0.15) is 36.1 Å². The van der Waals surface area contributed by atoms with E-state index in [2.05, 4.69) is 21.8 Å². The van der Waals surface area contributed by atoms with Crippen molar-refractivity contribution in [1.82, 2.24) is 19.3 Å². The summed E-state index contributed by atoms with van der Waals surface area (Å²) in [5.41, 5.74) is 6.66. The molecule has 1 aliphatic rings. The van der Waals surface area contributed by atoms with Crippen molar-refractivity contribution in [2.45, 2.75) is 29.4 Å². The summed E-state index contributed by atoms with van der Waals surface area (Å²) >= 11 is 0. The van der Waals surface area contributed by atoms with Crippen molar-refractivity contribution in [2.75, 3.05) is 12.3 Å². The minimum Gasteiger partial charge on any atom is -0.387 e. The van der Waals surface area contributed by atoms with Gasteiger partial charge in [0.15, 0.2) is 6.23 Å². The van der Waals surface area contributed by atoms with Gasteiger partial charge in [-0.15, -0.1) is 0 Å². The zero-order valence-electron chi connectivity index (χ0n) is 17.8. The van der Waals surface area contributed by atoms with Crippen molar-refractivity contribution < 1.29 is 31.8 Å². The summed E-state index contributed by atoms with van der Waals surface area (Å²) in [7, 11) is -8.08. The Bertz CT molecular complexity index is 1560. The highest BCUT2D eigenvalue weighted by molar-refractivity contribution is 7.89. The number of rotatable bonds is 5. The van der Waals surface area contributed by atoms with E-state index < -0.39 is 44.8 Å². The molecule has 0 spiro atoms. The maximum atomic E-state index is 11.9. The molecule has 14 nitrogen and oxygen atoms in total. The van der Waals surface area contributed by atoms with Crippen LogP contribution in [-0.2, 0) is 25.0 Å². The molecular weight excluding hydrogens is 502 g/mol. The van der Waals surface area contributed by atoms with Crippen LogP contribution in [0.1, 0.15) is 17.4 Å². The lowest BCUT2D eigenvalue weighted by atomic mass is 10.1. The van der Waals surface area contributed by atoms with E-state index in [1.807, 2.05) is 4.72 Å². The van der Waals surface area contributed by atoms with Gasteiger partial charge in [-0.05, 0) is 12.1 Å².